The first kappa shape index (κ1) is 19.1. The number of carbonyl (C=O) groups is 1. The minimum Gasteiger partial charge on any atom is -0.458 e. The van der Waals surface area contributed by atoms with Crippen LogP contribution in [0.5, 0.6) is 0 Å². The van der Waals surface area contributed by atoms with Gasteiger partial charge in [-0.25, -0.2) is 4.79 Å². The summed E-state index contributed by atoms with van der Waals surface area (Å²) in [6.45, 7) is 10.7. The summed E-state index contributed by atoms with van der Waals surface area (Å²) in [6.07, 6.45) is 6.42. The molecule has 1 fully saturated rings. The smallest absolute Gasteiger partial charge is 0.332 e. The Kier molecular flexibility index (Phi) is 7.53. The lowest BCUT2D eigenvalue weighted by Gasteiger charge is -2.39. The Morgan fingerprint density at radius 3 is 2.59 bits per heavy atom. The average molecular weight is 314 g/mol. The number of carbonyl (C=O) groups excluding carboxylic acids is 1. The molecule has 1 rings (SSSR count). The monoisotopic (exact) mass is 314 g/mol. The molecule has 22 heavy (non-hydrogen) atoms. The first-order chi connectivity index (χ1) is 10.3. The summed E-state index contributed by atoms with van der Waals surface area (Å²) in [6, 6.07) is 0. The predicted molar refractivity (Wildman–Crippen MR) is 84.6 cm³/mol. The lowest BCUT2D eigenvalue weighted by atomic mass is 10.1. The molecule has 128 valence electrons. The summed E-state index contributed by atoms with van der Waals surface area (Å²) in [5.41, 5.74) is -0.476. The quantitative estimate of drug-likeness (QED) is 0.410. The van der Waals surface area contributed by atoms with E-state index >= 15 is 0 Å². The van der Waals surface area contributed by atoms with Crippen molar-refractivity contribution in [1.29, 1.82) is 0 Å². The van der Waals surface area contributed by atoms with Crippen molar-refractivity contribution in [3.63, 3.8) is 0 Å². The van der Waals surface area contributed by atoms with E-state index in [4.69, 9.17) is 18.9 Å². The predicted octanol–water partition coefficient (Wildman–Crippen LogP) is 3.22. The minimum absolute atomic E-state index is 0.0376. The molecule has 5 heteroatoms. The van der Waals surface area contributed by atoms with Gasteiger partial charge in [-0.15, -0.1) is 0 Å². The lowest BCUT2D eigenvalue weighted by Crippen LogP contribution is -2.43. The van der Waals surface area contributed by atoms with Crippen LogP contribution in [-0.2, 0) is 23.7 Å². The van der Waals surface area contributed by atoms with Gasteiger partial charge in [-0.3, -0.25) is 0 Å². The van der Waals surface area contributed by atoms with Crippen LogP contribution in [-0.4, -0.2) is 43.3 Å². The molecule has 0 unspecified atom stereocenters. The van der Waals surface area contributed by atoms with Gasteiger partial charge in [0, 0.05) is 6.42 Å². The Bertz CT molecular complexity index is 366. The van der Waals surface area contributed by atoms with Crippen molar-refractivity contribution in [3.8, 4) is 0 Å². The molecule has 0 N–H and O–H groups in total. The van der Waals surface area contributed by atoms with Crippen molar-refractivity contribution in [2.24, 2.45) is 0 Å². The molecule has 0 aliphatic carbocycles. The second kappa shape index (κ2) is 8.65. The van der Waals surface area contributed by atoms with Crippen molar-refractivity contribution >= 4 is 5.97 Å². The molecule has 0 saturated carbocycles. The van der Waals surface area contributed by atoms with E-state index in [1.807, 2.05) is 32.9 Å². The highest BCUT2D eigenvalue weighted by Crippen LogP contribution is 2.29. The van der Waals surface area contributed by atoms with Crippen LogP contribution < -0.4 is 0 Å². The van der Waals surface area contributed by atoms with E-state index in [0.717, 1.165) is 19.3 Å². The third-order valence-corrected chi connectivity index (χ3v) is 3.42. The molecule has 1 aliphatic rings. The Morgan fingerprint density at radius 2 is 2.00 bits per heavy atom. The van der Waals surface area contributed by atoms with Crippen LogP contribution in [0.25, 0.3) is 0 Å². The van der Waals surface area contributed by atoms with E-state index in [1.165, 1.54) is 0 Å². The number of ether oxygens (including phenoxy) is 4. The number of hydrogen-bond acceptors (Lipinski definition) is 5. The van der Waals surface area contributed by atoms with Crippen molar-refractivity contribution in [3.05, 3.63) is 12.2 Å². The molecule has 0 aromatic heterocycles. The fourth-order valence-corrected chi connectivity index (χ4v) is 2.27. The third kappa shape index (κ3) is 6.90. The van der Waals surface area contributed by atoms with E-state index in [2.05, 4.69) is 13.8 Å². The van der Waals surface area contributed by atoms with Crippen molar-refractivity contribution in [2.45, 2.75) is 71.4 Å². The number of hydrogen-bond donors (Lipinski definition) is 0. The minimum atomic E-state index is -0.476. The van der Waals surface area contributed by atoms with Crippen LogP contribution in [0, 0.1) is 0 Å². The van der Waals surface area contributed by atoms with E-state index in [9.17, 15) is 4.79 Å². The molecule has 0 amide bonds. The Balaban J connectivity index is 2.27. The van der Waals surface area contributed by atoms with Crippen molar-refractivity contribution < 1.29 is 23.7 Å². The average Bonchev–Trinajstić information content (AvgIpc) is 2.45. The molecule has 5 nitrogen and oxygen atoms in total. The van der Waals surface area contributed by atoms with Gasteiger partial charge in [0.05, 0.1) is 19.3 Å². The molecule has 0 radical (unpaired) electrons. The van der Waals surface area contributed by atoms with Gasteiger partial charge in [0.1, 0.15) is 12.2 Å². The SMILES string of the molecule is CCC1(CC)OCC[C@@H](/C=C\COCC(=O)OC(C)(C)C)O1. The number of rotatable bonds is 7. The highest BCUT2D eigenvalue weighted by Gasteiger charge is 2.34. The second-order valence-corrected chi connectivity index (χ2v) is 6.44. The largest absolute Gasteiger partial charge is 0.458 e. The van der Waals surface area contributed by atoms with Gasteiger partial charge < -0.3 is 18.9 Å². The van der Waals surface area contributed by atoms with Gasteiger partial charge in [0.2, 0.25) is 0 Å². The first-order valence-electron chi connectivity index (χ1n) is 8.08. The molecule has 1 atom stereocenters. The van der Waals surface area contributed by atoms with Crippen LogP contribution >= 0.6 is 0 Å². The van der Waals surface area contributed by atoms with Crippen LogP contribution in [0.2, 0.25) is 0 Å². The van der Waals surface area contributed by atoms with E-state index in [1.54, 1.807) is 0 Å². The summed E-state index contributed by atoms with van der Waals surface area (Å²) in [4.78, 5) is 11.5. The normalized spacial score (nSPS) is 22.0. The zero-order valence-corrected chi connectivity index (χ0v) is 14.5. The maximum Gasteiger partial charge on any atom is 0.332 e. The fourth-order valence-electron chi connectivity index (χ4n) is 2.27. The molecular weight excluding hydrogens is 284 g/mol. The van der Waals surface area contributed by atoms with Gasteiger partial charge in [0.15, 0.2) is 5.79 Å². The lowest BCUT2D eigenvalue weighted by molar-refractivity contribution is -0.286. The van der Waals surface area contributed by atoms with Crippen molar-refractivity contribution in [2.75, 3.05) is 19.8 Å². The van der Waals surface area contributed by atoms with Gasteiger partial charge >= 0.3 is 5.97 Å². The van der Waals surface area contributed by atoms with Crippen LogP contribution in [0.3, 0.4) is 0 Å². The Labute approximate surface area is 133 Å². The van der Waals surface area contributed by atoms with E-state index < -0.39 is 11.4 Å². The molecule has 0 aromatic rings. The molecule has 1 heterocycles. The molecule has 1 saturated heterocycles. The van der Waals surface area contributed by atoms with Gasteiger partial charge in [-0.2, -0.15) is 0 Å². The molecule has 0 bridgehead atoms. The molecule has 0 spiro atoms. The standard InChI is InChI=1S/C17H30O5/c1-6-17(7-2)20-12-10-14(21-17)9-8-11-19-13-15(18)22-16(3,4)5/h8-9,14H,6-7,10-13H2,1-5H3/b9-8-/t14-/m1/s1. The maximum atomic E-state index is 11.5. The molecule has 0 aromatic carbocycles. The Hall–Kier alpha value is -0.910. The summed E-state index contributed by atoms with van der Waals surface area (Å²) in [7, 11) is 0. The van der Waals surface area contributed by atoms with E-state index in [0.29, 0.717) is 13.2 Å². The zero-order chi connectivity index (χ0) is 16.6. The molecule has 1 aliphatic heterocycles. The highest BCUT2D eigenvalue weighted by atomic mass is 16.7. The zero-order valence-electron chi connectivity index (χ0n) is 14.5. The van der Waals surface area contributed by atoms with Gasteiger partial charge in [-0.05, 0) is 33.6 Å². The fraction of sp³-hybridized carbons (Fsp3) is 0.824. The van der Waals surface area contributed by atoms with Crippen molar-refractivity contribution in [1.82, 2.24) is 0 Å². The Morgan fingerprint density at radius 1 is 1.32 bits per heavy atom. The highest BCUT2D eigenvalue weighted by molar-refractivity contribution is 5.71. The summed E-state index contributed by atoms with van der Waals surface area (Å²) >= 11 is 0. The van der Waals surface area contributed by atoms with Crippen LogP contribution in [0.4, 0.5) is 0 Å². The summed E-state index contributed by atoms with van der Waals surface area (Å²) < 4.78 is 22.2. The van der Waals surface area contributed by atoms with E-state index in [-0.39, 0.29) is 18.7 Å². The topological polar surface area (TPSA) is 54.0 Å². The second-order valence-electron chi connectivity index (χ2n) is 6.44. The first-order valence-corrected chi connectivity index (χ1v) is 8.08. The summed E-state index contributed by atoms with van der Waals surface area (Å²) in [5.74, 6) is -0.802. The maximum absolute atomic E-state index is 11.5. The van der Waals surface area contributed by atoms with Crippen LogP contribution in [0.15, 0.2) is 12.2 Å². The van der Waals surface area contributed by atoms with Crippen LogP contribution in [0.1, 0.15) is 53.9 Å². The molecular formula is C17H30O5. The van der Waals surface area contributed by atoms with Gasteiger partial charge in [-0.1, -0.05) is 26.0 Å². The van der Waals surface area contributed by atoms with Gasteiger partial charge in [0.25, 0.3) is 0 Å². The third-order valence-electron chi connectivity index (χ3n) is 3.42. The summed E-state index contributed by atoms with van der Waals surface area (Å²) in [5, 5.41) is 0. The number of esters is 1.